The maximum Gasteiger partial charge on any atom is 0.308 e. The average Bonchev–Trinajstić information content (AvgIpc) is 2.41. The van der Waals surface area contributed by atoms with Crippen LogP contribution in [0.4, 0.5) is 0 Å². The van der Waals surface area contributed by atoms with E-state index in [1.54, 1.807) is 0 Å². The first kappa shape index (κ1) is 18.9. The highest BCUT2D eigenvalue weighted by molar-refractivity contribution is 7.88. The fraction of sp³-hybridized carbons (Fsp3) is 0.857. The van der Waals surface area contributed by atoms with E-state index < -0.39 is 21.9 Å². The van der Waals surface area contributed by atoms with Gasteiger partial charge >= 0.3 is 5.97 Å². The first-order valence-electron chi connectivity index (χ1n) is 7.57. The van der Waals surface area contributed by atoms with E-state index in [-0.39, 0.29) is 24.3 Å². The van der Waals surface area contributed by atoms with Crippen molar-refractivity contribution in [3.05, 3.63) is 0 Å². The minimum atomic E-state index is -3.20. The van der Waals surface area contributed by atoms with Crippen LogP contribution in [0.3, 0.4) is 0 Å². The summed E-state index contributed by atoms with van der Waals surface area (Å²) in [6, 6.07) is 0. The second-order valence-electron chi connectivity index (χ2n) is 6.35. The molecule has 0 aromatic rings. The van der Waals surface area contributed by atoms with E-state index in [0.717, 1.165) is 6.26 Å². The lowest BCUT2D eigenvalue weighted by Gasteiger charge is -2.29. The first-order chi connectivity index (χ1) is 10.1. The molecule has 1 amide bonds. The summed E-state index contributed by atoms with van der Waals surface area (Å²) in [5, 5.41) is 11.8. The van der Waals surface area contributed by atoms with Gasteiger partial charge in [-0.1, -0.05) is 13.8 Å². The number of hydrogen-bond donors (Lipinski definition) is 2. The zero-order valence-electron chi connectivity index (χ0n) is 13.4. The van der Waals surface area contributed by atoms with Crippen molar-refractivity contribution < 1.29 is 23.1 Å². The van der Waals surface area contributed by atoms with Crippen LogP contribution in [0.2, 0.25) is 0 Å². The number of sulfonamides is 1. The summed E-state index contributed by atoms with van der Waals surface area (Å²) >= 11 is 0. The van der Waals surface area contributed by atoms with E-state index in [1.165, 1.54) is 4.31 Å². The Morgan fingerprint density at radius 3 is 2.23 bits per heavy atom. The molecule has 7 nitrogen and oxygen atoms in total. The number of carboxylic acids is 1. The predicted octanol–water partition coefficient (Wildman–Crippen LogP) is 0.521. The fourth-order valence-corrected chi connectivity index (χ4v) is 3.53. The number of aliphatic carboxylic acids is 1. The first-order valence-corrected chi connectivity index (χ1v) is 9.41. The molecule has 1 heterocycles. The minimum absolute atomic E-state index is 0.124. The molecule has 0 aromatic heterocycles. The predicted molar refractivity (Wildman–Crippen MR) is 82.7 cm³/mol. The number of amides is 1. The van der Waals surface area contributed by atoms with Crippen molar-refractivity contribution in [2.24, 2.45) is 17.8 Å². The zero-order chi connectivity index (χ0) is 16.9. The van der Waals surface area contributed by atoms with Gasteiger partial charge in [0.15, 0.2) is 0 Å². The molecule has 1 aliphatic rings. The highest BCUT2D eigenvalue weighted by atomic mass is 32.2. The summed E-state index contributed by atoms with van der Waals surface area (Å²) < 4.78 is 24.2. The van der Waals surface area contributed by atoms with Crippen molar-refractivity contribution in [2.75, 3.05) is 25.9 Å². The van der Waals surface area contributed by atoms with Crippen LogP contribution in [-0.2, 0) is 19.6 Å². The Hall–Kier alpha value is -1.15. The quantitative estimate of drug-likeness (QED) is 0.706. The average molecular weight is 334 g/mol. The van der Waals surface area contributed by atoms with E-state index in [0.29, 0.717) is 32.4 Å². The van der Waals surface area contributed by atoms with Crippen LogP contribution >= 0.6 is 0 Å². The van der Waals surface area contributed by atoms with Crippen molar-refractivity contribution in [2.45, 2.75) is 33.1 Å². The highest BCUT2D eigenvalue weighted by Crippen LogP contribution is 2.19. The molecule has 1 unspecified atom stereocenters. The smallest absolute Gasteiger partial charge is 0.308 e. The zero-order valence-corrected chi connectivity index (χ0v) is 14.2. The number of nitrogens with zero attached hydrogens (tertiary/aromatic N) is 1. The monoisotopic (exact) mass is 334 g/mol. The summed E-state index contributed by atoms with van der Waals surface area (Å²) in [4.78, 5) is 23.2. The third-order valence-electron chi connectivity index (χ3n) is 3.92. The Balaban J connectivity index is 2.45. The van der Waals surface area contributed by atoms with Gasteiger partial charge in [-0.25, -0.2) is 12.7 Å². The SMILES string of the molecule is CC(C)CC(CNC(=O)C1CCN(S(C)(=O)=O)CC1)C(=O)O. The lowest BCUT2D eigenvalue weighted by atomic mass is 9.95. The van der Waals surface area contributed by atoms with Gasteiger partial charge in [-0.05, 0) is 25.2 Å². The molecule has 0 radical (unpaired) electrons. The molecule has 0 bridgehead atoms. The molecule has 0 aliphatic carbocycles. The molecule has 0 aromatic carbocycles. The number of piperidine rings is 1. The van der Waals surface area contributed by atoms with Gasteiger partial charge in [0.25, 0.3) is 0 Å². The molecule has 1 aliphatic heterocycles. The van der Waals surface area contributed by atoms with Crippen LogP contribution in [0, 0.1) is 17.8 Å². The van der Waals surface area contributed by atoms with Crippen LogP contribution in [0.15, 0.2) is 0 Å². The Bertz CT molecular complexity index is 495. The Labute approximate surface area is 132 Å². The second kappa shape index (κ2) is 7.92. The molecule has 22 heavy (non-hydrogen) atoms. The van der Waals surface area contributed by atoms with E-state index in [4.69, 9.17) is 5.11 Å². The summed E-state index contributed by atoms with van der Waals surface area (Å²) in [5.41, 5.74) is 0. The molecule has 1 saturated heterocycles. The standard InChI is InChI=1S/C14H26N2O5S/c1-10(2)8-12(14(18)19)9-15-13(17)11-4-6-16(7-5-11)22(3,20)21/h10-12H,4-9H2,1-3H3,(H,15,17)(H,18,19). The highest BCUT2D eigenvalue weighted by Gasteiger charge is 2.29. The van der Waals surface area contributed by atoms with Crippen LogP contribution in [-0.4, -0.2) is 55.6 Å². The molecular formula is C14H26N2O5S. The summed E-state index contributed by atoms with van der Waals surface area (Å²) in [7, 11) is -3.20. The minimum Gasteiger partial charge on any atom is -0.481 e. The maximum absolute atomic E-state index is 12.1. The largest absolute Gasteiger partial charge is 0.481 e. The van der Waals surface area contributed by atoms with Crippen molar-refractivity contribution in [3.63, 3.8) is 0 Å². The summed E-state index contributed by atoms with van der Waals surface area (Å²) in [6.07, 6.45) is 2.63. The van der Waals surface area contributed by atoms with E-state index in [9.17, 15) is 18.0 Å². The number of carbonyl (C=O) groups excluding carboxylic acids is 1. The molecular weight excluding hydrogens is 308 g/mol. The van der Waals surface area contributed by atoms with Gasteiger partial charge in [-0.2, -0.15) is 0 Å². The van der Waals surface area contributed by atoms with Gasteiger partial charge in [-0.15, -0.1) is 0 Å². The van der Waals surface area contributed by atoms with E-state index in [2.05, 4.69) is 5.32 Å². The number of nitrogens with one attached hydrogen (secondary N) is 1. The summed E-state index contributed by atoms with van der Waals surface area (Å²) in [5.74, 6) is -1.66. The van der Waals surface area contributed by atoms with Gasteiger partial charge < -0.3 is 10.4 Å². The third kappa shape index (κ3) is 5.92. The second-order valence-corrected chi connectivity index (χ2v) is 8.33. The van der Waals surface area contributed by atoms with Crippen LogP contribution in [0.1, 0.15) is 33.1 Å². The third-order valence-corrected chi connectivity index (χ3v) is 5.22. The Morgan fingerprint density at radius 2 is 1.82 bits per heavy atom. The van der Waals surface area contributed by atoms with E-state index >= 15 is 0 Å². The van der Waals surface area contributed by atoms with Crippen LogP contribution in [0.25, 0.3) is 0 Å². The Morgan fingerprint density at radius 1 is 1.27 bits per heavy atom. The maximum atomic E-state index is 12.1. The van der Waals surface area contributed by atoms with Gasteiger partial charge in [0.2, 0.25) is 15.9 Å². The van der Waals surface area contributed by atoms with Gasteiger partial charge in [-0.3, -0.25) is 9.59 Å². The van der Waals surface area contributed by atoms with Crippen molar-refractivity contribution in [1.82, 2.24) is 9.62 Å². The molecule has 1 rings (SSSR count). The lowest BCUT2D eigenvalue weighted by Crippen LogP contribution is -2.44. The van der Waals surface area contributed by atoms with Crippen molar-refractivity contribution in [1.29, 1.82) is 0 Å². The summed E-state index contributed by atoms with van der Waals surface area (Å²) in [6.45, 7) is 4.69. The Kier molecular flexibility index (Phi) is 6.80. The molecule has 8 heteroatoms. The van der Waals surface area contributed by atoms with Crippen molar-refractivity contribution in [3.8, 4) is 0 Å². The molecule has 2 N–H and O–H groups in total. The van der Waals surface area contributed by atoms with Crippen LogP contribution < -0.4 is 5.32 Å². The molecule has 1 fully saturated rings. The number of carbonyl (C=O) groups is 2. The van der Waals surface area contributed by atoms with Gasteiger partial charge in [0.05, 0.1) is 12.2 Å². The fourth-order valence-electron chi connectivity index (χ4n) is 2.66. The van der Waals surface area contributed by atoms with Gasteiger partial charge in [0, 0.05) is 25.6 Å². The molecule has 128 valence electrons. The molecule has 1 atom stereocenters. The van der Waals surface area contributed by atoms with E-state index in [1.807, 2.05) is 13.8 Å². The molecule has 0 saturated carbocycles. The van der Waals surface area contributed by atoms with Gasteiger partial charge in [0.1, 0.15) is 0 Å². The van der Waals surface area contributed by atoms with Crippen LogP contribution in [0.5, 0.6) is 0 Å². The number of rotatable bonds is 7. The lowest BCUT2D eigenvalue weighted by molar-refractivity contribution is -0.142. The molecule has 0 spiro atoms. The topological polar surface area (TPSA) is 104 Å². The van der Waals surface area contributed by atoms with Crippen molar-refractivity contribution >= 4 is 21.9 Å². The normalized spacial score (nSPS) is 19.1. The number of carboxylic acid groups (broad SMARTS) is 1. The number of hydrogen-bond acceptors (Lipinski definition) is 4.